The quantitative estimate of drug-likeness (QED) is 0.800. The van der Waals surface area contributed by atoms with Gasteiger partial charge in [-0.05, 0) is 59.7 Å². The molecule has 0 saturated heterocycles. The summed E-state index contributed by atoms with van der Waals surface area (Å²) in [4.78, 5) is 14.3. The highest BCUT2D eigenvalue weighted by Crippen LogP contribution is 2.22. The largest absolute Gasteiger partial charge is 0.336 e. The third-order valence-electron chi connectivity index (χ3n) is 3.74. The molecule has 124 valence electrons. The molecule has 0 bridgehead atoms. The van der Waals surface area contributed by atoms with Crippen molar-refractivity contribution < 1.29 is 9.18 Å². The summed E-state index contributed by atoms with van der Waals surface area (Å²) in [6.45, 7) is 6.57. The van der Waals surface area contributed by atoms with Crippen LogP contribution in [0.2, 0.25) is 0 Å². The Kier molecular flexibility index (Phi) is 6.55. The molecule has 0 radical (unpaired) electrons. The Hall–Kier alpha value is -1.92. The topological polar surface area (TPSA) is 44.4 Å². The summed E-state index contributed by atoms with van der Waals surface area (Å²) < 4.78 is 12.9. The highest BCUT2D eigenvalue weighted by Gasteiger charge is 2.19. The fourth-order valence-electron chi connectivity index (χ4n) is 2.48. The van der Waals surface area contributed by atoms with E-state index in [9.17, 15) is 9.18 Å². The lowest BCUT2D eigenvalue weighted by atomic mass is 10.1. The Morgan fingerprint density at radius 1 is 1.22 bits per heavy atom. The summed E-state index contributed by atoms with van der Waals surface area (Å²) in [5, 5.41) is 9.77. The first kappa shape index (κ1) is 17.4. The Morgan fingerprint density at radius 2 is 1.91 bits per heavy atom. The van der Waals surface area contributed by atoms with Crippen LogP contribution in [0.5, 0.6) is 0 Å². The number of carbonyl (C=O) groups is 1. The van der Waals surface area contributed by atoms with E-state index in [4.69, 9.17) is 0 Å². The molecular formula is C17H22FN3OS. The van der Waals surface area contributed by atoms with E-state index in [2.05, 4.69) is 40.8 Å². The summed E-state index contributed by atoms with van der Waals surface area (Å²) in [6.07, 6.45) is 0. The van der Waals surface area contributed by atoms with E-state index in [0.717, 1.165) is 13.1 Å². The normalized spacial score (nSPS) is 12.2. The molecule has 23 heavy (non-hydrogen) atoms. The van der Waals surface area contributed by atoms with Gasteiger partial charge in [0.15, 0.2) is 0 Å². The molecule has 0 aliphatic carbocycles. The van der Waals surface area contributed by atoms with Gasteiger partial charge < -0.3 is 10.6 Å². The van der Waals surface area contributed by atoms with Crippen LogP contribution in [0.4, 0.5) is 14.9 Å². The Balaban J connectivity index is 1.95. The van der Waals surface area contributed by atoms with Crippen LogP contribution in [0.15, 0.2) is 41.1 Å². The number of nitrogens with zero attached hydrogens (tertiary/aromatic N) is 1. The second-order valence-corrected chi connectivity index (χ2v) is 5.92. The Bertz CT molecular complexity index is 597. The molecule has 2 N–H and O–H groups in total. The van der Waals surface area contributed by atoms with E-state index in [1.54, 1.807) is 11.3 Å². The predicted molar refractivity (Wildman–Crippen MR) is 93.4 cm³/mol. The van der Waals surface area contributed by atoms with E-state index < -0.39 is 0 Å². The first-order valence-electron chi connectivity index (χ1n) is 7.70. The minimum atomic E-state index is -0.324. The van der Waals surface area contributed by atoms with E-state index in [1.165, 1.54) is 29.8 Å². The number of hydrogen-bond donors (Lipinski definition) is 2. The van der Waals surface area contributed by atoms with Gasteiger partial charge in [0.25, 0.3) is 0 Å². The third kappa shape index (κ3) is 5.04. The molecule has 1 heterocycles. The molecule has 1 aromatic heterocycles. The molecule has 4 nitrogen and oxygen atoms in total. The lowest BCUT2D eigenvalue weighted by Gasteiger charge is -2.29. The zero-order valence-electron chi connectivity index (χ0n) is 13.4. The molecule has 0 fully saturated rings. The fourth-order valence-corrected chi connectivity index (χ4v) is 3.19. The molecule has 1 atom stereocenters. The summed E-state index contributed by atoms with van der Waals surface area (Å²) in [6, 6.07) is 7.66. The van der Waals surface area contributed by atoms with Gasteiger partial charge in [-0.25, -0.2) is 9.18 Å². The van der Waals surface area contributed by atoms with E-state index >= 15 is 0 Å². The highest BCUT2D eigenvalue weighted by molar-refractivity contribution is 7.07. The number of rotatable bonds is 7. The first-order valence-corrected chi connectivity index (χ1v) is 8.64. The number of amides is 2. The van der Waals surface area contributed by atoms with Crippen molar-refractivity contribution in [2.75, 3.05) is 25.0 Å². The molecule has 2 rings (SSSR count). The molecule has 0 aliphatic rings. The molecule has 2 amide bonds. The van der Waals surface area contributed by atoms with Crippen LogP contribution in [-0.2, 0) is 0 Å². The molecule has 0 saturated carbocycles. The van der Waals surface area contributed by atoms with Gasteiger partial charge in [-0.3, -0.25) is 4.90 Å². The third-order valence-corrected chi connectivity index (χ3v) is 4.44. The number of thiophene rings is 1. The number of urea groups is 1. The second-order valence-electron chi connectivity index (χ2n) is 5.14. The minimum Gasteiger partial charge on any atom is -0.336 e. The van der Waals surface area contributed by atoms with Crippen molar-refractivity contribution >= 4 is 23.1 Å². The van der Waals surface area contributed by atoms with E-state index in [0.29, 0.717) is 12.2 Å². The van der Waals surface area contributed by atoms with Gasteiger partial charge in [-0.1, -0.05) is 13.8 Å². The second kappa shape index (κ2) is 8.64. The van der Waals surface area contributed by atoms with Gasteiger partial charge in [0.2, 0.25) is 0 Å². The maximum absolute atomic E-state index is 12.9. The zero-order chi connectivity index (χ0) is 16.7. The maximum atomic E-state index is 12.9. The van der Waals surface area contributed by atoms with Crippen molar-refractivity contribution in [2.45, 2.75) is 19.9 Å². The van der Waals surface area contributed by atoms with Crippen molar-refractivity contribution in [3.05, 3.63) is 52.5 Å². The van der Waals surface area contributed by atoms with Crippen LogP contribution < -0.4 is 10.6 Å². The van der Waals surface area contributed by atoms with E-state index in [-0.39, 0.29) is 17.9 Å². The standard InChI is InChI=1S/C17H22FN3OS/c1-3-21(4-2)16(13-9-10-23-12-13)11-19-17(22)20-15-7-5-14(18)6-8-15/h5-10,12,16H,3-4,11H2,1-2H3,(H2,19,20,22)/t16-/m0/s1. The van der Waals surface area contributed by atoms with E-state index in [1.807, 2.05) is 5.38 Å². The van der Waals surface area contributed by atoms with Gasteiger partial charge in [0.1, 0.15) is 5.82 Å². The van der Waals surface area contributed by atoms with Gasteiger partial charge in [0, 0.05) is 12.2 Å². The predicted octanol–water partition coefficient (Wildman–Crippen LogP) is 4.09. The average Bonchev–Trinajstić information content (AvgIpc) is 3.08. The zero-order valence-corrected chi connectivity index (χ0v) is 14.2. The van der Waals surface area contributed by atoms with Crippen LogP contribution in [-0.4, -0.2) is 30.6 Å². The van der Waals surface area contributed by atoms with Crippen molar-refractivity contribution in [3.8, 4) is 0 Å². The van der Waals surface area contributed by atoms with Crippen molar-refractivity contribution in [1.82, 2.24) is 10.2 Å². The Labute approximate surface area is 140 Å². The molecular weight excluding hydrogens is 313 g/mol. The number of nitrogens with one attached hydrogen (secondary N) is 2. The van der Waals surface area contributed by atoms with Crippen LogP contribution in [0.1, 0.15) is 25.5 Å². The number of benzene rings is 1. The molecule has 1 aromatic carbocycles. The SMILES string of the molecule is CCN(CC)[C@@H](CNC(=O)Nc1ccc(F)cc1)c1ccsc1. The first-order chi connectivity index (χ1) is 11.1. The maximum Gasteiger partial charge on any atom is 0.319 e. The molecule has 0 unspecified atom stereocenters. The van der Waals surface area contributed by atoms with Gasteiger partial charge >= 0.3 is 6.03 Å². The van der Waals surface area contributed by atoms with Gasteiger partial charge in [-0.15, -0.1) is 0 Å². The Morgan fingerprint density at radius 3 is 2.48 bits per heavy atom. The lowest BCUT2D eigenvalue weighted by molar-refractivity contribution is 0.210. The summed E-state index contributed by atoms with van der Waals surface area (Å²) in [5.41, 5.74) is 1.78. The van der Waals surface area contributed by atoms with Crippen LogP contribution in [0, 0.1) is 5.82 Å². The van der Waals surface area contributed by atoms with Crippen molar-refractivity contribution in [2.24, 2.45) is 0 Å². The fraction of sp³-hybridized carbons (Fsp3) is 0.353. The van der Waals surface area contributed by atoms with Crippen LogP contribution in [0.3, 0.4) is 0 Å². The summed E-state index contributed by atoms with van der Waals surface area (Å²) in [5.74, 6) is -0.324. The molecule has 2 aromatic rings. The highest BCUT2D eigenvalue weighted by atomic mass is 32.1. The number of carbonyl (C=O) groups excluding carboxylic acids is 1. The molecule has 6 heteroatoms. The molecule has 0 spiro atoms. The number of anilines is 1. The number of hydrogen-bond acceptors (Lipinski definition) is 3. The molecule has 0 aliphatic heterocycles. The monoisotopic (exact) mass is 335 g/mol. The van der Waals surface area contributed by atoms with Crippen molar-refractivity contribution in [3.63, 3.8) is 0 Å². The summed E-state index contributed by atoms with van der Waals surface area (Å²) >= 11 is 1.65. The number of halogens is 1. The van der Waals surface area contributed by atoms with Crippen LogP contribution >= 0.6 is 11.3 Å². The van der Waals surface area contributed by atoms with Gasteiger partial charge in [-0.2, -0.15) is 11.3 Å². The van der Waals surface area contributed by atoms with Crippen molar-refractivity contribution in [1.29, 1.82) is 0 Å². The summed E-state index contributed by atoms with van der Waals surface area (Å²) in [7, 11) is 0. The number of likely N-dealkylation sites (N-methyl/N-ethyl adjacent to an activating group) is 1. The smallest absolute Gasteiger partial charge is 0.319 e. The van der Waals surface area contributed by atoms with Crippen LogP contribution in [0.25, 0.3) is 0 Å². The minimum absolute atomic E-state index is 0.148. The lowest BCUT2D eigenvalue weighted by Crippen LogP contribution is -2.39. The van der Waals surface area contributed by atoms with Gasteiger partial charge in [0.05, 0.1) is 6.04 Å². The average molecular weight is 335 g/mol.